The first kappa shape index (κ1) is 13.9. The second-order valence-electron chi connectivity index (χ2n) is 4.34. The second-order valence-corrected chi connectivity index (χ2v) is 4.34. The zero-order valence-electron chi connectivity index (χ0n) is 11.2. The number of nitrogen functional groups attached to an aromatic ring is 1. The summed E-state index contributed by atoms with van der Waals surface area (Å²) in [6.45, 7) is 1.80. The Morgan fingerprint density at radius 2 is 2.05 bits per heavy atom. The van der Waals surface area contributed by atoms with Crippen molar-refractivity contribution in [1.29, 1.82) is 0 Å². The van der Waals surface area contributed by atoms with E-state index < -0.39 is 5.82 Å². The van der Waals surface area contributed by atoms with E-state index in [4.69, 9.17) is 10.5 Å². The Morgan fingerprint density at radius 1 is 1.30 bits per heavy atom. The molecule has 0 aliphatic heterocycles. The maximum absolute atomic E-state index is 13.1. The van der Waals surface area contributed by atoms with E-state index in [1.807, 2.05) is 0 Å². The Morgan fingerprint density at radius 3 is 2.70 bits per heavy atom. The maximum Gasteiger partial charge on any atom is 0.258 e. The van der Waals surface area contributed by atoms with E-state index in [1.54, 1.807) is 25.1 Å². The predicted molar refractivity (Wildman–Crippen MR) is 76.5 cm³/mol. The number of amides is 1. The fourth-order valence-corrected chi connectivity index (χ4v) is 1.95. The van der Waals surface area contributed by atoms with Crippen LogP contribution in [0.3, 0.4) is 0 Å². The van der Waals surface area contributed by atoms with Crippen LogP contribution in [0, 0.1) is 12.7 Å². The molecule has 0 unspecified atom stereocenters. The van der Waals surface area contributed by atoms with Gasteiger partial charge in [-0.3, -0.25) is 4.79 Å². The van der Waals surface area contributed by atoms with Crippen LogP contribution in [0.15, 0.2) is 36.4 Å². The van der Waals surface area contributed by atoms with Crippen LogP contribution in [-0.2, 0) is 0 Å². The summed E-state index contributed by atoms with van der Waals surface area (Å²) in [7, 11) is 1.41. The fraction of sp³-hybridized carbons (Fsp3) is 0.133. The normalized spacial score (nSPS) is 10.2. The topological polar surface area (TPSA) is 64.3 Å². The molecule has 0 saturated heterocycles. The lowest BCUT2D eigenvalue weighted by molar-refractivity contribution is 0.102. The van der Waals surface area contributed by atoms with Crippen molar-refractivity contribution in [2.24, 2.45) is 0 Å². The van der Waals surface area contributed by atoms with Crippen LogP contribution in [0.5, 0.6) is 5.75 Å². The van der Waals surface area contributed by atoms with E-state index in [0.29, 0.717) is 16.9 Å². The molecule has 4 nitrogen and oxygen atoms in total. The lowest BCUT2D eigenvalue weighted by Gasteiger charge is -2.12. The summed E-state index contributed by atoms with van der Waals surface area (Å²) < 4.78 is 18.1. The van der Waals surface area contributed by atoms with Gasteiger partial charge in [-0.15, -0.1) is 0 Å². The van der Waals surface area contributed by atoms with Crippen molar-refractivity contribution in [3.05, 3.63) is 53.3 Å². The number of hydrogen-bond acceptors (Lipinski definition) is 3. The van der Waals surface area contributed by atoms with Gasteiger partial charge in [0.1, 0.15) is 11.6 Å². The van der Waals surface area contributed by atoms with Gasteiger partial charge in [-0.05, 0) is 30.7 Å². The third kappa shape index (κ3) is 2.71. The van der Waals surface area contributed by atoms with Crippen molar-refractivity contribution < 1.29 is 13.9 Å². The van der Waals surface area contributed by atoms with Crippen LogP contribution in [0.25, 0.3) is 0 Å². The largest absolute Gasteiger partial charge is 0.494 e. The number of anilines is 2. The number of halogens is 1. The van der Waals surface area contributed by atoms with Crippen LogP contribution in [0.4, 0.5) is 15.8 Å². The molecular formula is C15H15FN2O2. The number of nitrogens with two attached hydrogens (primary N) is 1. The highest BCUT2D eigenvalue weighted by Crippen LogP contribution is 2.26. The molecule has 0 bridgehead atoms. The molecule has 0 radical (unpaired) electrons. The summed E-state index contributed by atoms with van der Waals surface area (Å²) in [6, 6.07) is 9.13. The minimum Gasteiger partial charge on any atom is -0.494 e. The molecule has 0 atom stereocenters. The molecule has 20 heavy (non-hydrogen) atoms. The molecule has 2 rings (SSSR count). The van der Waals surface area contributed by atoms with Crippen molar-refractivity contribution >= 4 is 17.3 Å². The van der Waals surface area contributed by atoms with Crippen molar-refractivity contribution in [1.82, 2.24) is 0 Å². The molecule has 3 N–H and O–H groups in total. The molecule has 0 aliphatic rings. The number of nitrogens with one attached hydrogen (secondary N) is 1. The highest BCUT2D eigenvalue weighted by Gasteiger charge is 2.15. The second kappa shape index (κ2) is 5.61. The summed E-state index contributed by atoms with van der Waals surface area (Å²) >= 11 is 0. The quantitative estimate of drug-likeness (QED) is 0.846. The lowest BCUT2D eigenvalue weighted by atomic mass is 10.1. The molecule has 1 amide bonds. The number of benzene rings is 2. The molecule has 2 aromatic carbocycles. The van der Waals surface area contributed by atoms with Gasteiger partial charge in [-0.25, -0.2) is 4.39 Å². The average molecular weight is 274 g/mol. The van der Waals surface area contributed by atoms with Gasteiger partial charge >= 0.3 is 0 Å². The zero-order valence-corrected chi connectivity index (χ0v) is 11.2. The summed E-state index contributed by atoms with van der Waals surface area (Å²) in [4.78, 5) is 12.3. The van der Waals surface area contributed by atoms with Crippen LogP contribution in [0.2, 0.25) is 0 Å². The molecule has 0 aliphatic carbocycles. The summed E-state index contributed by atoms with van der Waals surface area (Å²) in [5.74, 6) is -0.536. The monoisotopic (exact) mass is 274 g/mol. The molecule has 0 spiro atoms. The van der Waals surface area contributed by atoms with Gasteiger partial charge in [0.25, 0.3) is 5.91 Å². The first-order valence-electron chi connectivity index (χ1n) is 6.03. The van der Waals surface area contributed by atoms with Gasteiger partial charge < -0.3 is 15.8 Å². The van der Waals surface area contributed by atoms with Gasteiger partial charge in [-0.1, -0.05) is 12.1 Å². The molecule has 0 fully saturated rings. The van der Waals surface area contributed by atoms with Crippen LogP contribution < -0.4 is 15.8 Å². The minimum atomic E-state index is -0.435. The number of hydrogen-bond donors (Lipinski definition) is 2. The van der Waals surface area contributed by atoms with Gasteiger partial charge in [0.05, 0.1) is 18.4 Å². The summed E-state index contributed by atoms with van der Waals surface area (Å²) in [5.41, 5.74) is 7.77. The van der Waals surface area contributed by atoms with E-state index in [1.165, 1.54) is 25.3 Å². The Balaban J connectivity index is 2.33. The van der Waals surface area contributed by atoms with Crippen LogP contribution >= 0.6 is 0 Å². The van der Waals surface area contributed by atoms with Crippen LogP contribution in [0.1, 0.15) is 15.9 Å². The molecule has 0 aromatic heterocycles. The summed E-state index contributed by atoms with van der Waals surface area (Å²) in [5, 5.41) is 2.68. The first-order chi connectivity index (χ1) is 9.52. The van der Waals surface area contributed by atoms with Crippen LogP contribution in [-0.4, -0.2) is 13.0 Å². The third-order valence-electron chi connectivity index (χ3n) is 2.94. The Bertz CT molecular complexity index is 636. The van der Waals surface area contributed by atoms with Crippen molar-refractivity contribution in [2.75, 3.05) is 18.2 Å². The van der Waals surface area contributed by atoms with E-state index in [-0.39, 0.29) is 11.7 Å². The number of methoxy groups -OCH3 is 1. The Labute approximate surface area is 116 Å². The number of aryl methyl sites for hydroxylation is 1. The van der Waals surface area contributed by atoms with Gasteiger partial charge in [0.15, 0.2) is 0 Å². The van der Waals surface area contributed by atoms with Gasteiger partial charge in [0, 0.05) is 11.8 Å². The highest BCUT2D eigenvalue weighted by molar-refractivity contribution is 6.09. The molecule has 0 saturated carbocycles. The Hall–Kier alpha value is -2.56. The fourth-order valence-electron chi connectivity index (χ4n) is 1.95. The molecule has 0 heterocycles. The maximum atomic E-state index is 13.1. The van der Waals surface area contributed by atoms with Gasteiger partial charge in [-0.2, -0.15) is 0 Å². The average Bonchev–Trinajstić information content (AvgIpc) is 2.40. The van der Waals surface area contributed by atoms with Crippen molar-refractivity contribution in [3.8, 4) is 5.75 Å². The standard InChI is InChI=1S/C15H15FN2O2/c1-9-4-3-5-11(17)14(9)15(19)18-12-7-6-10(16)8-13(12)20-2/h3-8H,17H2,1-2H3,(H,18,19). The molecule has 5 heteroatoms. The first-order valence-corrected chi connectivity index (χ1v) is 6.03. The lowest BCUT2D eigenvalue weighted by Crippen LogP contribution is -2.16. The third-order valence-corrected chi connectivity index (χ3v) is 2.94. The SMILES string of the molecule is COc1cc(F)ccc1NC(=O)c1c(C)cccc1N. The number of carbonyl (C=O) groups excluding carboxylic acids is 1. The van der Waals surface area contributed by atoms with E-state index >= 15 is 0 Å². The molecule has 104 valence electrons. The smallest absolute Gasteiger partial charge is 0.258 e. The van der Waals surface area contributed by atoms with E-state index in [9.17, 15) is 9.18 Å². The van der Waals surface area contributed by atoms with E-state index in [0.717, 1.165) is 5.56 Å². The number of ether oxygens (including phenoxy) is 1. The zero-order chi connectivity index (χ0) is 14.7. The molecule has 2 aromatic rings. The molecular weight excluding hydrogens is 259 g/mol. The summed E-state index contributed by atoms with van der Waals surface area (Å²) in [6.07, 6.45) is 0. The van der Waals surface area contributed by atoms with E-state index in [2.05, 4.69) is 5.32 Å². The number of carbonyl (C=O) groups is 1. The predicted octanol–water partition coefficient (Wildman–Crippen LogP) is 2.98. The minimum absolute atomic E-state index is 0.255. The Kier molecular flexibility index (Phi) is 3.89. The highest BCUT2D eigenvalue weighted by atomic mass is 19.1. The number of rotatable bonds is 3. The van der Waals surface area contributed by atoms with Crippen molar-refractivity contribution in [3.63, 3.8) is 0 Å². The van der Waals surface area contributed by atoms with Crippen molar-refractivity contribution in [2.45, 2.75) is 6.92 Å². The van der Waals surface area contributed by atoms with Gasteiger partial charge in [0.2, 0.25) is 0 Å².